The van der Waals surface area contributed by atoms with Crippen LogP contribution in [0.25, 0.3) is 0 Å². The Labute approximate surface area is 118 Å². The van der Waals surface area contributed by atoms with Crippen LogP contribution in [-0.2, 0) is 0 Å². The first kappa shape index (κ1) is 13.8. The Hall–Kier alpha value is -0.120. The first-order valence-electron chi connectivity index (χ1n) is 8.60. The lowest BCUT2D eigenvalue weighted by atomic mass is 9.94. The van der Waals surface area contributed by atoms with E-state index in [2.05, 4.69) is 22.0 Å². The van der Waals surface area contributed by atoms with Crippen LogP contribution in [0.2, 0.25) is 0 Å². The van der Waals surface area contributed by atoms with Crippen molar-refractivity contribution >= 4 is 0 Å². The van der Waals surface area contributed by atoms with Gasteiger partial charge in [-0.25, -0.2) is 0 Å². The van der Waals surface area contributed by atoms with Gasteiger partial charge in [-0.3, -0.25) is 9.80 Å². The van der Waals surface area contributed by atoms with E-state index in [-0.39, 0.29) is 0 Å². The van der Waals surface area contributed by atoms with Crippen molar-refractivity contribution in [2.45, 2.75) is 70.0 Å². The minimum absolute atomic E-state index is 0.806. The minimum atomic E-state index is 0.806. The van der Waals surface area contributed by atoms with Gasteiger partial charge in [-0.15, -0.1) is 0 Å². The zero-order valence-corrected chi connectivity index (χ0v) is 12.6. The molecule has 3 aliphatic rings. The lowest BCUT2D eigenvalue weighted by Crippen LogP contribution is -2.55. The zero-order valence-electron chi connectivity index (χ0n) is 12.6. The van der Waals surface area contributed by atoms with Crippen molar-refractivity contribution < 1.29 is 0 Å². The third-order valence-corrected chi connectivity index (χ3v) is 5.47. The lowest BCUT2D eigenvalue weighted by molar-refractivity contribution is 0.0695. The number of nitrogens with zero attached hydrogens (tertiary/aromatic N) is 2. The number of nitrogens with one attached hydrogen (secondary N) is 1. The molecule has 3 aliphatic heterocycles. The van der Waals surface area contributed by atoms with Crippen molar-refractivity contribution in [2.24, 2.45) is 0 Å². The van der Waals surface area contributed by atoms with E-state index in [4.69, 9.17) is 0 Å². The van der Waals surface area contributed by atoms with Crippen molar-refractivity contribution in [3.8, 4) is 0 Å². The standard InChI is InChI=1S/C16H31N3/c1-2-10-19(14-6-5-9-17-13-14)16-8-12-18-11-4-3-7-15(16)18/h14-17H,2-13H2,1H3. The largest absolute Gasteiger partial charge is 0.315 e. The van der Waals surface area contributed by atoms with E-state index in [0.29, 0.717) is 0 Å². The second-order valence-electron chi connectivity index (χ2n) is 6.69. The SMILES string of the molecule is CCCN(C1CCCNC1)C1CCN2CCCCC12. The Bertz CT molecular complexity index is 275. The van der Waals surface area contributed by atoms with Crippen molar-refractivity contribution in [3.63, 3.8) is 0 Å². The fourth-order valence-electron chi connectivity index (χ4n) is 4.60. The molecule has 3 heteroatoms. The molecule has 0 spiro atoms. The molecule has 3 rings (SSSR count). The van der Waals surface area contributed by atoms with Gasteiger partial charge in [0, 0.05) is 31.2 Å². The lowest BCUT2D eigenvalue weighted by Gasteiger charge is -2.43. The molecular formula is C16H31N3. The van der Waals surface area contributed by atoms with Gasteiger partial charge in [-0.05, 0) is 58.2 Å². The molecule has 0 aromatic heterocycles. The Morgan fingerprint density at radius 1 is 1.11 bits per heavy atom. The van der Waals surface area contributed by atoms with E-state index in [1.54, 1.807) is 0 Å². The van der Waals surface area contributed by atoms with E-state index in [9.17, 15) is 0 Å². The zero-order chi connectivity index (χ0) is 13.1. The molecule has 0 radical (unpaired) electrons. The summed E-state index contributed by atoms with van der Waals surface area (Å²) in [5, 5.41) is 3.61. The fourth-order valence-corrected chi connectivity index (χ4v) is 4.60. The second kappa shape index (κ2) is 6.55. The number of hydrogen-bond acceptors (Lipinski definition) is 3. The Morgan fingerprint density at radius 2 is 2.05 bits per heavy atom. The average Bonchev–Trinajstić information content (AvgIpc) is 2.89. The molecule has 3 atom stereocenters. The van der Waals surface area contributed by atoms with Crippen LogP contribution in [0, 0.1) is 0 Å². The summed E-state index contributed by atoms with van der Waals surface area (Å²) < 4.78 is 0. The third kappa shape index (κ3) is 2.98. The molecule has 3 fully saturated rings. The van der Waals surface area contributed by atoms with E-state index in [1.165, 1.54) is 77.7 Å². The van der Waals surface area contributed by atoms with Crippen LogP contribution in [-0.4, -0.2) is 60.6 Å². The summed E-state index contributed by atoms with van der Waals surface area (Å²) in [5.74, 6) is 0. The van der Waals surface area contributed by atoms with E-state index < -0.39 is 0 Å². The summed E-state index contributed by atoms with van der Waals surface area (Å²) in [6.07, 6.45) is 9.84. The molecule has 19 heavy (non-hydrogen) atoms. The molecule has 0 bridgehead atoms. The predicted octanol–water partition coefficient (Wildman–Crippen LogP) is 2.08. The molecule has 0 amide bonds. The Morgan fingerprint density at radius 3 is 2.84 bits per heavy atom. The summed E-state index contributed by atoms with van der Waals surface area (Å²) >= 11 is 0. The molecule has 0 aromatic rings. The molecule has 3 saturated heterocycles. The first-order valence-corrected chi connectivity index (χ1v) is 8.60. The van der Waals surface area contributed by atoms with Crippen LogP contribution in [0.4, 0.5) is 0 Å². The molecule has 110 valence electrons. The smallest absolute Gasteiger partial charge is 0.0267 e. The average molecular weight is 265 g/mol. The fraction of sp³-hybridized carbons (Fsp3) is 1.00. The highest BCUT2D eigenvalue weighted by molar-refractivity contribution is 4.97. The van der Waals surface area contributed by atoms with Crippen molar-refractivity contribution in [2.75, 3.05) is 32.7 Å². The molecule has 0 saturated carbocycles. The monoisotopic (exact) mass is 265 g/mol. The van der Waals surface area contributed by atoms with Gasteiger partial charge in [0.15, 0.2) is 0 Å². The molecular weight excluding hydrogens is 234 g/mol. The van der Waals surface area contributed by atoms with Crippen LogP contribution in [0.1, 0.15) is 51.9 Å². The number of rotatable bonds is 4. The van der Waals surface area contributed by atoms with Crippen molar-refractivity contribution in [1.29, 1.82) is 0 Å². The van der Waals surface area contributed by atoms with Crippen LogP contribution >= 0.6 is 0 Å². The highest BCUT2D eigenvalue weighted by Crippen LogP contribution is 2.32. The minimum Gasteiger partial charge on any atom is -0.315 e. The van der Waals surface area contributed by atoms with E-state index >= 15 is 0 Å². The topological polar surface area (TPSA) is 18.5 Å². The second-order valence-corrected chi connectivity index (χ2v) is 6.69. The van der Waals surface area contributed by atoms with Crippen LogP contribution in [0.3, 0.4) is 0 Å². The van der Waals surface area contributed by atoms with Crippen LogP contribution in [0.5, 0.6) is 0 Å². The van der Waals surface area contributed by atoms with Gasteiger partial charge in [-0.1, -0.05) is 13.3 Å². The number of hydrogen-bond donors (Lipinski definition) is 1. The number of fused-ring (bicyclic) bond motifs is 1. The summed E-state index contributed by atoms with van der Waals surface area (Å²) in [7, 11) is 0. The van der Waals surface area contributed by atoms with Gasteiger partial charge in [-0.2, -0.15) is 0 Å². The highest BCUT2D eigenvalue weighted by atomic mass is 15.3. The van der Waals surface area contributed by atoms with Crippen LogP contribution in [0.15, 0.2) is 0 Å². The van der Waals surface area contributed by atoms with Crippen molar-refractivity contribution in [1.82, 2.24) is 15.1 Å². The Kier molecular flexibility index (Phi) is 4.78. The van der Waals surface area contributed by atoms with E-state index in [1.807, 2.05) is 0 Å². The molecule has 3 unspecified atom stereocenters. The summed E-state index contributed by atoms with van der Waals surface area (Å²) in [5.41, 5.74) is 0. The summed E-state index contributed by atoms with van der Waals surface area (Å²) in [6, 6.07) is 2.54. The molecule has 0 aliphatic carbocycles. The summed E-state index contributed by atoms with van der Waals surface area (Å²) in [6.45, 7) is 8.83. The Balaban J connectivity index is 1.68. The van der Waals surface area contributed by atoms with Crippen molar-refractivity contribution in [3.05, 3.63) is 0 Å². The quantitative estimate of drug-likeness (QED) is 0.839. The van der Waals surface area contributed by atoms with Gasteiger partial charge < -0.3 is 5.32 Å². The van der Waals surface area contributed by atoms with E-state index in [0.717, 1.165) is 18.1 Å². The summed E-state index contributed by atoms with van der Waals surface area (Å²) in [4.78, 5) is 5.68. The third-order valence-electron chi connectivity index (χ3n) is 5.47. The maximum absolute atomic E-state index is 3.61. The van der Waals surface area contributed by atoms with Crippen LogP contribution < -0.4 is 5.32 Å². The van der Waals surface area contributed by atoms with Gasteiger partial charge in [0.2, 0.25) is 0 Å². The highest BCUT2D eigenvalue weighted by Gasteiger charge is 2.40. The maximum Gasteiger partial charge on any atom is 0.0267 e. The maximum atomic E-state index is 3.61. The molecule has 1 N–H and O–H groups in total. The first-order chi connectivity index (χ1) is 9.40. The van der Waals surface area contributed by atoms with Gasteiger partial charge in [0.25, 0.3) is 0 Å². The number of piperidine rings is 2. The normalized spacial score (nSPS) is 36.6. The molecule has 3 nitrogen and oxygen atoms in total. The van der Waals surface area contributed by atoms with Gasteiger partial charge in [0.1, 0.15) is 0 Å². The van der Waals surface area contributed by atoms with Gasteiger partial charge >= 0.3 is 0 Å². The molecule has 0 aromatic carbocycles. The predicted molar refractivity (Wildman–Crippen MR) is 80.5 cm³/mol. The molecule has 3 heterocycles. The van der Waals surface area contributed by atoms with Gasteiger partial charge in [0.05, 0.1) is 0 Å².